The van der Waals surface area contributed by atoms with Gasteiger partial charge in [-0.1, -0.05) is 49.4 Å². The van der Waals surface area contributed by atoms with E-state index >= 15 is 0 Å². The van der Waals surface area contributed by atoms with E-state index in [9.17, 15) is 4.79 Å². The van der Waals surface area contributed by atoms with Crippen LogP contribution in [0, 0.1) is 0 Å². The fraction of sp³-hybridized carbons (Fsp3) is 0.158. The highest BCUT2D eigenvalue weighted by Crippen LogP contribution is 2.23. The van der Waals surface area contributed by atoms with Crippen LogP contribution in [0.5, 0.6) is 0 Å². The van der Waals surface area contributed by atoms with Crippen LogP contribution >= 0.6 is 11.3 Å². The third kappa shape index (κ3) is 3.85. The van der Waals surface area contributed by atoms with E-state index < -0.39 is 0 Å². The molecule has 3 aromatic rings. The minimum absolute atomic E-state index is 0.0677. The van der Waals surface area contributed by atoms with E-state index in [-0.39, 0.29) is 5.91 Å². The first kappa shape index (κ1) is 15.4. The van der Waals surface area contributed by atoms with Crippen LogP contribution in [-0.4, -0.2) is 10.9 Å². The maximum absolute atomic E-state index is 12.2. The fourth-order valence-corrected chi connectivity index (χ4v) is 3.09. The molecule has 1 heterocycles. The first-order valence-corrected chi connectivity index (χ1v) is 8.51. The summed E-state index contributed by atoms with van der Waals surface area (Å²) in [5.41, 5.74) is 3.90. The SMILES string of the molecule is CCc1ccc(C(=O)NCc2csc(-c3ccccc3)n2)cc1. The van der Waals surface area contributed by atoms with E-state index in [1.165, 1.54) is 5.56 Å². The fourth-order valence-electron chi connectivity index (χ4n) is 2.27. The summed E-state index contributed by atoms with van der Waals surface area (Å²) in [7, 11) is 0. The normalized spacial score (nSPS) is 10.5. The highest BCUT2D eigenvalue weighted by molar-refractivity contribution is 7.13. The number of hydrogen-bond donors (Lipinski definition) is 1. The monoisotopic (exact) mass is 322 g/mol. The van der Waals surface area contributed by atoms with Crippen molar-refractivity contribution in [3.63, 3.8) is 0 Å². The number of hydrogen-bond acceptors (Lipinski definition) is 3. The predicted octanol–water partition coefficient (Wildman–Crippen LogP) is 4.30. The van der Waals surface area contributed by atoms with Gasteiger partial charge in [0.1, 0.15) is 5.01 Å². The van der Waals surface area contributed by atoms with E-state index in [0.29, 0.717) is 12.1 Å². The average molecular weight is 322 g/mol. The summed E-state index contributed by atoms with van der Waals surface area (Å²) in [6, 6.07) is 17.8. The number of aromatic nitrogens is 1. The molecule has 116 valence electrons. The van der Waals surface area contributed by atoms with E-state index in [2.05, 4.69) is 17.2 Å². The number of amides is 1. The summed E-state index contributed by atoms with van der Waals surface area (Å²) in [6.45, 7) is 2.54. The molecule has 4 heteroatoms. The van der Waals surface area contributed by atoms with Crippen molar-refractivity contribution in [3.05, 3.63) is 76.8 Å². The Morgan fingerprint density at radius 2 is 1.83 bits per heavy atom. The lowest BCUT2D eigenvalue weighted by molar-refractivity contribution is 0.0950. The summed E-state index contributed by atoms with van der Waals surface area (Å²) in [6.07, 6.45) is 0.975. The minimum atomic E-state index is -0.0677. The molecule has 0 atom stereocenters. The molecule has 0 unspecified atom stereocenters. The second-order valence-electron chi connectivity index (χ2n) is 5.24. The number of benzene rings is 2. The maximum Gasteiger partial charge on any atom is 0.251 e. The van der Waals surface area contributed by atoms with Crippen molar-refractivity contribution in [2.24, 2.45) is 0 Å². The summed E-state index contributed by atoms with van der Waals surface area (Å²) in [5.74, 6) is -0.0677. The number of rotatable bonds is 5. The zero-order valence-electron chi connectivity index (χ0n) is 13.0. The molecule has 0 radical (unpaired) electrons. The van der Waals surface area contributed by atoms with Gasteiger partial charge >= 0.3 is 0 Å². The Balaban J connectivity index is 1.62. The van der Waals surface area contributed by atoms with Gasteiger partial charge in [-0.2, -0.15) is 0 Å². The minimum Gasteiger partial charge on any atom is -0.346 e. The van der Waals surface area contributed by atoms with Crippen LogP contribution < -0.4 is 5.32 Å². The Morgan fingerprint density at radius 3 is 2.52 bits per heavy atom. The average Bonchev–Trinajstić information content (AvgIpc) is 3.09. The molecule has 3 rings (SSSR count). The van der Waals surface area contributed by atoms with Crippen LogP contribution in [0.1, 0.15) is 28.5 Å². The molecular formula is C19H18N2OS. The van der Waals surface area contributed by atoms with Gasteiger partial charge in [0.2, 0.25) is 0 Å². The van der Waals surface area contributed by atoms with Gasteiger partial charge in [0, 0.05) is 16.5 Å². The van der Waals surface area contributed by atoms with Crippen molar-refractivity contribution in [2.75, 3.05) is 0 Å². The Kier molecular flexibility index (Phi) is 4.83. The standard InChI is InChI=1S/C19H18N2OS/c1-2-14-8-10-15(11-9-14)18(22)20-12-17-13-23-19(21-17)16-6-4-3-5-7-16/h3-11,13H,2,12H2,1H3,(H,20,22). The third-order valence-corrected chi connectivity index (χ3v) is 4.57. The molecule has 23 heavy (non-hydrogen) atoms. The number of nitrogens with one attached hydrogen (secondary N) is 1. The zero-order chi connectivity index (χ0) is 16.1. The van der Waals surface area contributed by atoms with Crippen molar-refractivity contribution >= 4 is 17.2 Å². The molecule has 2 aromatic carbocycles. The van der Waals surface area contributed by atoms with Crippen LogP contribution in [0.4, 0.5) is 0 Å². The number of carbonyl (C=O) groups is 1. The molecule has 0 saturated carbocycles. The molecule has 1 N–H and O–H groups in total. The summed E-state index contributed by atoms with van der Waals surface area (Å²) >= 11 is 1.59. The molecule has 0 bridgehead atoms. The van der Waals surface area contributed by atoms with Gasteiger partial charge in [-0.15, -0.1) is 11.3 Å². The van der Waals surface area contributed by atoms with Gasteiger partial charge in [-0.25, -0.2) is 4.98 Å². The van der Waals surface area contributed by atoms with Crippen molar-refractivity contribution in [3.8, 4) is 10.6 Å². The van der Waals surface area contributed by atoms with Gasteiger partial charge in [0.25, 0.3) is 5.91 Å². The van der Waals surface area contributed by atoms with Gasteiger partial charge in [-0.3, -0.25) is 4.79 Å². The predicted molar refractivity (Wildman–Crippen MR) is 94.5 cm³/mol. The Labute approximate surface area is 140 Å². The lowest BCUT2D eigenvalue weighted by atomic mass is 10.1. The Bertz CT molecular complexity index is 779. The lowest BCUT2D eigenvalue weighted by Gasteiger charge is -2.04. The van der Waals surface area contributed by atoms with E-state index in [4.69, 9.17) is 0 Å². The van der Waals surface area contributed by atoms with E-state index in [1.807, 2.05) is 60.0 Å². The number of nitrogens with zero attached hydrogens (tertiary/aromatic N) is 1. The molecule has 1 amide bonds. The first-order chi connectivity index (χ1) is 11.3. The topological polar surface area (TPSA) is 42.0 Å². The molecular weight excluding hydrogens is 304 g/mol. The number of thiazole rings is 1. The van der Waals surface area contributed by atoms with Gasteiger partial charge in [0.05, 0.1) is 12.2 Å². The number of carbonyl (C=O) groups excluding carboxylic acids is 1. The van der Waals surface area contributed by atoms with Crippen LogP contribution in [0.15, 0.2) is 60.0 Å². The molecule has 0 aliphatic heterocycles. The van der Waals surface area contributed by atoms with Crippen molar-refractivity contribution in [1.82, 2.24) is 10.3 Å². The van der Waals surface area contributed by atoms with Gasteiger partial charge in [0.15, 0.2) is 0 Å². The molecule has 0 spiro atoms. The zero-order valence-corrected chi connectivity index (χ0v) is 13.8. The quantitative estimate of drug-likeness (QED) is 0.761. The molecule has 3 nitrogen and oxygen atoms in total. The Morgan fingerprint density at radius 1 is 1.09 bits per heavy atom. The highest BCUT2D eigenvalue weighted by atomic mass is 32.1. The Hall–Kier alpha value is -2.46. The first-order valence-electron chi connectivity index (χ1n) is 7.63. The highest BCUT2D eigenvalue weighted by Gasteiger charge is 2.08. The second kappa shape index (κ2) is 7.20. The molecule has 1 aromatic heterocycles. The maximum atomic E-state index is 12.2. The molecule has 0 fully saturated rings. The largest absolute Gasteiger partial charge is 0.346 e. The molecule has 0 saturated heterocycles. The van der Waals surface area contributed by atoms with Crippen LogP contribution in [-0.2, 0) is 13.0 Å². The van der Waals surface area contributed by atoms with Crippen molar-refractivity contribution in [2.45, 2.75) is 19.9 Å². The molecule has 0 aliphatic rings. The summed E-state index contributed by atoms with van der Waals surface area (Å²) in [5, 5.41) is 5.89. The van der Waals surface area contributed by atoms with Gasteiger partial charge < -0.3 is 5.32 Å². The second-order valence-corrected chi connectivity index (χ2v) is 6.10. The van der Waals surface area contributed by atoms with Crippen molar-refractivity contribution in [1.29, 1.82) is 0 Å². The van der Waals surface area contributed by atoms with Crippen molar-refractivity contribution < 1.29 is 4.79 Å². The lowest BCUT2D eigenvalue weighted by Crippen LogP contribution is -2.22. The van der Waals surface area contributed by atoms with Crippen LogP contribution in [0.2, 0.25) is 0 Å². The van der Waals surface area contributed by atoms with E-state index in [1.54, 1.807) is 11.3 Å². The summed E-state index contributed by atoms with van der Waals surface area (Å²) < 4.78 is 0. The summed E-state index contributed by atoms with van der Waals surface area (Å²) in [4.78, 5) is 16.7. The van der Waals surface area contributed by atoms with E-state index in [0.717, 1.165) is 22.7 Å². The van der Waals surface area contributed by atoms with Crippen LogP contribution in [0.25, 0.3) is 10.6 Å². The smallest absolute Gasteiger partial charge is 0.251 e. The third-order valence-electron chi connectivity index (χ3n) is 3.63. The van der Waals surface area contributed by atoms with Gasteiger partial charge in [-0.05, 0) is 24.1 Å². The number of aryl methyl sites for hydroxylation is 1. The van der Waals surface area contributed by atoms with Crippen LogP contribution in [0.3, 0.4) is 0 Å². The molecule has 0 aliphatic carbocycles.